The Kier molecular flexibility index (Phi) is 7.23. The average molecular weight is 188 g/mol. The molecule has 0 aromatic carbocycles. The quantitative estimate of drug-likeness (QED) is 0.617. The van der Waals surface area contributed by atoms with Crippen LogP contribution in [-0.4, -0.2) is 49.3 Å². The molecule has 0 aliphatic heterocycles. The van der Waals surface area contributed by atoms with Crippen molar-refractivity contribution in [1.82, 2.24) is 10.2 Å². The van der Waals surface area contributed by atoms with Gasteiger partial charge in [-0.15, -0.1) is 0 Å². The molecule has 3 nitrogen and oxygen atoms in total. The van der Waals surface area contributed by atoms with Crippen LogP contribution in [0.15, 0.2) is 0 Å². The number of hydrogen-bond donors (Lipinski definition) is 2. The molecule has 0 saturated heterocycles. The predicted octanol–water partition coefficient (Wildman–Crippen LogP) is 0.687. The van der Waals surface area contributed by atoms with Crippen molar-refractivity contribution in [1.29, 1.82) is 0 Å². The molecule has 0 amide bonds. The Bertz CT molecular complexity index is 115. The largest absolute Gasteiger partial charge is 0.395 e. The van der Waals surface area contributed by atoms with Gasteiger partial charge in [-0.05, 0) is 27.4 Å². The summed E-state index contributed by atoms with van der Waals surface area (Å²) in [5.74, 6) is 0. The third kappa shape index (κ3) is 5.24. The van der Waals surface area contributed by atoms with E-state index in [0.717, 1.165) is 6.54 Å². The Hall–Kier alpha value is -0.120. The summed E-state index contributed by atoms with van der Waals surface area (Å²) in [4.78, 5) is 2.29. The molecule has 0 spiro atoms. The molecule has 0 rings (SSSR count). The molecule has 3 heteroatoms. The topological polar surface area (TPSA) is 35.5 Å². The summed E-state index contributed by atoms with van der Waals surface area (Å²) in [5.41, 5.74) is 0. The van der Waals surface area contributed by atoms with Crippen LogP contribution in [0.4, 0.5) is 0 Å². The lowest BCUT2D eigenvalue weighted by atomic mass is 10.1. The first-order valence-electron chi connectivity index (χ1n) is 5.14. The van der Waals surface area contributed by atoms with Gasteiger partial charge in [-0.3, -0.25) is 0 Å². The van der Waals surface area contributed by atoms with Crippen LogP contribution in [0.5, 0.6) is 0 Å². The molecule has 2 atom stereocenters. The molecule has 0 aromatic heterocycles. The molecule has 2 unspecified atom stereocenters. The number of likely N-dealkylation sites (N-methyl/N-ethyl adjacent to an activating group) is 2. The Morgan fingerprint density at radius 1 is 1.46 bits per heavy atom. The van der Waals surface area contributed by atoms with Crippen molar-refractivity contribution < 1.29 is 5.11 Å². The van der Waals surface area contributed by atoms with E-state index in [1.54, 1.807) is 0 Å². The van der Waals surface area contributed by atoms with Gasteiger partial charge in [0.15, 0.2) is 0 Å². The summed E-state index contributed by atoms with van der Waals surface area (Å²) in [6, 6.07) is 0.803. The van der Waals surface area contributed by atoms with Gasteiger partial charge in [0.25, 0.3) is 0 Å². The minimum atomic E-state index is 0.198. The second-order valence-corrected chi connectivity index (χ2v) is 3.75. The van der Waals surface area contributed by atoms with E-state index in [0.29, 0.717) is 6.04 Å². The highest BCUT2D eigenvalue weighted by molar-refractivity contribution is 4.71. The van der Waals surface area contributed by atoms with Gasteiger partial charge < -0.3 is 15.3 Å². The highest BCUT2D eigenvalue weighted by Gasteiger charge is 2.12. The number of hydrogen-bond acceptors (Lipinski definition) is 3. The minimum Gasteiger partial charge on any atom is -0.395 e. The molecule has 0 radical (unpaired) electrons. The van der Waals surface area contributed by atoms with Gasteiger partial charge in [0, 0.05) is 18.6 Å². The molecule has 13 heavy (non-hydrogen) atoms. The van der Waals surface area contributed by atoms with Crippen LogP contribution in [0.25, 0.3) is 0 Å². The molecule has 0 aliphatic rings. The van der Waals surface area contributed by atoms with Crippen molar-refractivity contribution in [2.24, 2.45) is 0 Å². The van der Waals surface area contributed by atoms with Crippen LogP contribution in [0.3, 0.4) is 0 Å². The fourth-order valence-electron chi connectivity index (χ4n) is 1.41. The molecule has 0 aromatic rings. The van der Waals surface area contributed by atoms with Gasteiger partial charge in [-0.1, -0.05) is 13.3 Å². The third-order valence-electron chi connectivity index (χ3n) is 2.60. The Morgan fingerprint density at radius 2 is 2.08 bits per heavy atom. The van der Waals surface area contributed by atoms with Gasteiger partial charge in [0.05, 0.1) is 6.61 Å². The molecule has 0 heterocycles. The van der Waals surface area contributed by atoms with Gasteiger partial charge in [0.2, 0.25) is 0 Å². The molecule has 0 fully saturated rings. The lowest BCUT2D eigenvalue weighted by Crippen LogP contribution is -2.43. The molecule has 80 valence electrons. The number of aliphatic hydroxyl groups excluding tert-OH is 1. The van der Waals surface area contributed by atoms with Crippen molar-refractivity contribution >= 4 is 0 Å². The lowest BCUT2D eigenvalue weighted by Gasteiger charge is -2.27. The highest BCUT2D eigenvalue weighted by atomic mass is 16.3. The Labute approximate surface area is 82.1 Å². The maximum absolute atomic E-state index is 9.00. The van der Waals surface area contributed by atoms with E-state index in [1.165, 1.54) is 12.8 Å². The summed E-state index contributed by atoms with van der Waals surface area (Å²) in [6.45, 7) is 5.55. The van der Waals surface area contributed by atoms with E-state index in [2.05, 4.69) is 31.1 Å². The van der Waals surface area contributed by atoms with E-state index < -0.39 is 0 Å². The van der Waals surface area contributed by atoms with Crippen molar-refractivity contribution in [3.8, 4) is 0 Å². The second kappa shape index (κ2) is 7.30. The van der Waals surface area contributed by atoms with E-state index in [-0.39, 0.29) is 12.6 Å². The third-order valence-corrected chi connectivity index (χ3v) is 2.60. The fraction of sp³-hybridized carbons (Fsp3) is 1.00. The molecule has 0 bridgehead atoms. The SMILES string of the molecule is CCCC(C)N(C)CC(CO)NC. The van der Waals surface area contributed by atoms with Gasteiger partial charge in [-0.25, -0.2) is 0 Å². The van der Waals surface area contributed by atoms with Crippen LogP contribution < -0.4 is 5.32 Å². The second-order valence-electron chi connectivity index (χ2n) is 3.75. The first-order valence-corrected chi connectivity index (χ1v) is 5.14. The maximum atomic E-state index is 9.00. The minimum absolute atomic E-state index is 0.198. The molecule has 0 saturated carbocycles. The van der Waals surface area contributed by atoms with Crippen LogP contribution >= 0.6 is 0 Å². The molecule has 2 N–H and O–H groups in total. The molecule has 0 aliphatic carbocycles. The first kappa shape index (κ1) is 12.9. The zero-order chi connectivity index (χ0) is 10.3. The summed E-state index contributed by atoms with van der Waals surface area (Å²) >= 11 is 0. The van der Waals surface area contributed by atoms with Crippen LogP contribution in [-0.2, 0) is 0 Å². The normalized spacial score (nSPS) is 16.2. The van der Waals surface area contributed by atoms with Gasteiger partial charge in [0.1, 0.15) is 0 Å². The average Bonchev–Trinajstić information content (AvgIpc) is 2.14. The number of rotatable bonds is 7. The van der Waals surface area contributed by atoms with Crippen LogP contribution in [0.2, 0.25) is 0 Å². The lowest BCUT2D eigenvalue weighted by molar-refractivity contribution is 0.174. The highest BCUT2D eigenvalue weighted by Crippen LogP contribution is 2.04. The maximum Gasteiger partial charge on any atom is 0.0597 e. The first-order chi connectivity index (χ1) is 6.15. The monoisotopic (exact) mass is 188 g/mol. The summed E-state index contributed by atoms with van der Waals surface area (Å²) in [7, 11) is 4.00. The van der Waals surface area contributed by atoms with Crippen molar-refractivity contribution in [3.63, 3.8) is 0 Å². The number of nitrogens with one attached hydrogen (secondary N) is 1. The number of nitrogens with zero attached hydrogens (tertiary/aromatic N) is 1. The summed E-state index contributed by atoms with van der Waals surface area (Å²) in [6.07, 6.45) is 2.44. The van der Waals surface area contributed by atoms with Crippen molar-refractivity contribution in [2.45, 2.75) is 38.8 Å². The van der Waals surface area contributed by atoms with Crippen molar-refractivity contribution in [3.05, 3.63) is 0 Å². The molecular weight excluding hydrogens is 164 g/mol. The van der Waals surface area contributed by atoms with E-state index in [4.69, 9.17) is 5.11 Å². The zero-order valence-electron chi connectivity index (χ0n) is 9.38. The van der Waals surface area contributed by atoms with E-state index in [9.17, 15) is 0 Å². The summed E-state index contributed by atoms with van der Waals surface area (Å²) < 4.78 is 0. The van der Waals surface area contributed by atoms with Gasteiger partial charge >= 0.3 is 0 Å². The van der Waals surface area contributed by atoms with E-state index >= 15 is 0 Å². The van der Waals surface area contributed by atoms with Crippen molar-refractivity contribution in [2.75, 3.05) is 27.2 Å². The smallest absolute Gasteiger partial charge is 0.0597 e. The fourth-order valence-corrected chi connectivity index (χ4v) is 1.41. The Morgan fingerprint density at radius 3 is 2.46 bits per heavy atom. The zero-order valence-corrected chi connectivity index (χ0v) is 9.38. The standard InChI is InChI=1S/C10H24N2O/c1-5-6-9(2)12(4)7-10(8-13)11-3/h9-11,13H,5-8H2,1-4H3. The molecular formula is C10H24N2O. The number of aliphatic hydroxyl groups is 1. The van der Waals surface area contributed by atoms with E-state index in [1.807, 2.05) is 7.05 Å². The van der Waals surface area contributed by atoms with Crippen LogP contribution in [0, 0.1) is 0 Å². The predicted molar refractivity (Wildman–Crippen MR) is 56.9 cm³/mol. The van der Waals surface area contributed by atoms with Gasteiger partial charge in [-0.2, -0.15) is 0 Å². The van der Waals surface area contributed by atoms with Crippen LogP contribution in [0.1, 0.15) is 26.7 Å². The Balaban J connectivity index is 3.75. The summed E-state index contributed by atoms with van der Waals surface area (Å²) in [5, 5.41) is 12.1.